The molecular weight excluding hydrogens is 318 g/mol. The third-order valence-corrected chi connectivity index (χ3v) is 4.52. The number of nitrogens with one attached hydrogen (secondary N) is 2. The first-order valence-electron chi connectivity index (χ1n) is 7.15. The minimum absolute atomic E-state index is 0.190. The van der Waals surface area contributed by atoms with Gasteiger partial charge in [-0.1, -0.05) is 42.1 Å². The second-order valence-corrected chi connectivity index (χ2v) is 6.15. The van der Waals surface area contributed by atoms with Crippen LogP contribution in [0.2, 0.25) is 0 Å². The average Bonchev–Trinajstić information content (AvgIpc) is 3.04. The van der Waals surface area contributed by atoms with Gasteiger partial charge in [0.05, 0.1) is 12.5 Å². The largest absolute Gasteiger partial charge is 0.385 e. The molecule has 0 bridgehead atoms. The fourth-order valence-corrected chi connectivity index (χ4v) is 3.10. The lowest BCUT2D eigenvalue weighted by molar-refractivity contribution is -0.128. The van der Waals surface area contributed by atoms with Crippen LogP contribution in [0, 0.1) is 0 Å². The molecule has 1 aromatic carbocycles. The number of methoxy groups -OCH3 is 1. The minimum Gasteiger partial charge on any atom is -0.385 e. The summed E-state index contributed by atoms with van der Waals surface area (Å²) in [5.41, 5.74) is 2.49. The van der Waals surface area contributed by atoms with Gasteiger partial charge >= 0.3 is 0 Å². The molecule has 0 aliphatic carbocycles. The van der Waals surface area contributed by atoms with Crippen molar-refractivity contribution in [2.75, 3.05) is 20.3 Å². The van der Waals surface area contributed by atoms with Crippen molar-refractivity contribution in [1.82, 2.24) is 10.8 Å². The topological polar surface area (TPSA) is 100 Å². The SMILES string of the molecule is COCCC(C(=O)NC1=NCC(C(=O)NO)S1)c1ccccc1. The van der Waals surface area contributed by atoms with E-state index in [2.05, 4.69) is 10.3 Å². The van der Waals surface area contributed by atoms with Gasteiger partial charge in [-0.25, -0.2) is 5.48 Å². The van der Waals surface area contributed by atoms with Crippen LogP contribution in [0.15, 0.2) is 35.3 Å². The van der Waals surface area contributed by atoms with Crippen LogP contribution in [0.25, 0.3) is 0 Å². The number of hydrogen-bond acceptors (Lipinski definition) is 6. The highest BCUT2D eigenvalue weighted by molar-refractivity contribution is 8.15. The number of aliphatic imine (C=N–C) groups is 1. The van der Waals surface area contributed by atoms with E-state index < -0.39 is 11.2 Å². The summed E-state index contributed by atoms with van der Waals surface area (Å²) in [5, 5.41) is 11.3. The fraction of sp³-hybridized carbons (Fsp3) is 0.400. The lowest BCUT2D eigenvalue weighted by Gasteiger charge is -2.17. The molecule has 0 fully saturated rings. The van der Waals surface area contributed by atoms with Gasteiger partial charge in [0.2, 0.25) is 5.91 Å². The quantitative estimate of drug-likeness (QED) is 0.529. The number of benzene rings is 1. The van der Waals surface area contributed by atoms with E-state index in [9.17, 15) is 9.59 Å². The summed E-state index contributed by atoms with van der Waals surface area (Å²) < 4.78 is 5.08. The van der Waals surface area contributed by atoms with Gasteiger partial charge in [-0.15, -0.1) is 0 Å². The van der Waals surface area contributed by atoms with Crippen molar-refractivity contribution in [3.63, 3.8) is 0 Å². The van der Waals surface area contributed by atoms with Crippen LogP contribution in [0.3, 0.4) is 0 Å². The first-order chi connectivity index (χ1) is 11.2. The fourth-order valence-electron chi connectivity index (χ4n) is 2.22. The van der Waals surface area contributed by atoms with Crippen molar-refractivity contribution in [3.05, 3.63) is 35.9 Å². The summed E-state index contributed by atoms with van der Waals surface area (Å²) in [6, 6.07) is 9.44. The average molecular weight is 337 g/mol. The van der Waals surface area contributed by atoms with Crippen LogP contribution < -0.4 is 10.8 Å². The molecule has 2 amide bonds. The Labute approximate surface area is 138 Å². The number of nitrogens with zero attached hydrogens (tertiary/aromatic N) is 1. The summed E-state index contributed by atoms with van der Waals surface area (Å²) in [6.45, 7) is 0.683. The van der Waals surface area contributed by atoms with Crippen molar-refractivity contribution < 1.29 is 19.5 Å². The van der Waals surface area contributed by atoms with E-state index in [0.29, 0.717) is 18.2 Å². The maximum atomic E-state index is 12.5. The molecule has 0 aromatic heterocycles. The summed E-state index contributed by atoms with van der Waals surface area (Å²) in [4.78, 5) is 28.0. The number of ether oxygens (including phenoxy) is 1. The van der Waals surface area contributed by atoms with E-state index in [1.807, 2.05) is 30.3 Å². The molecule has 0 radical (unpaired) electrons. The molecule has 1 aromatic rings. The predicted molar refractivity (Wildman–Crippen MR) is 87.4 cm³/mol. The number of carbonyl (C=O) groups excluding carboxylic acids is 2. The summed E-state index contributed by atoms with van der Waals surface area (Å²) in [7, 11) is 1.59. The van der Waals surface area contributed by atoms with Crippen molar-refractivity contribution in [2.24, 2.45) is 4.99 Å². The van der Waals surface area contributed by atoms with Gasteiger partial charge in [-0.3, -0.25) is 19.8 Å². The molecular formula is C15H19N3O4S. The van der Waals surface area contributed by atoms with Crippen LogP contribution in [-0.2, 0) is 14.3 Å². The maximum Gasteiger partial charge on any atom is 0.258 e. The second kappa shape index (κ2) is 8.66. The number of amides is 2. The molecule has 0 saturated carbocycles. The second-order valence-electron chi connectivity index (χ2n) is 4.96. The smallest absolute Gasteiger partial charge is 0.258 e. The van der Waals surface area contributed by atoms with Crippen LogP contribution in [-0.4, -0.2) is 47.7 Å². The minimum atomic E-state index is -0.526. The van der Waals surface area contributed by atoms with Crippen LogP contribution in [0.5, 0.6) is 0 Å². The number of carbonyl (C=O) groups is 2. The zero-order valence-corrected chi connectivity index (χ0v) is 13.5. The standard InChI is InChI=1S/C15H19N3O4S/c1-22-8-7-11(10-5-3-2-4-6-10)13(19)17-15-16-9-12(23-15)14(20)18-21/h2-6,11-12,21H,7-9H2,1H3,(H,18,20)(H,16,17,19). The van der Waals surface area contributed by atoms with E-state index in [0.717, 1.165) is 17.3 Å². The number of hydrogen-bond donors (Lipinski definition) is 3. The Morgan fingerprint density at radius 3 is 2.83 bits per heavy atom. The zero-order valence-electron chi connectivity index (χ0n) is 12.7. The first-order valence-corrected chi connectivity index (χ1v) is 8.03. The van der Waals surface area contributed by atoms with Gasteiger partial charge in [-0.2, -0.15) is 0 Å². The van der Waals surface area contributed by atoms with Gasteiger partial charge in [0.15, 0.2) is 5.17 Å². The van der Waals surface area contributed by atoms with E-state index in [-0.39, 0.29) is 18.4 Å². The molecule has 0 saturated heterocycles. The highest BCUT2D eigenvalue weighted by Crippen LogP contribution is 2.23. The number of amidine groups is 1. The Hall–Kier alpha value is -1.90. The molecule has 2 atom stereocenters. The summed E-state index contributed by atoms with van der Waals surface area (Å²) in [6.07, 6.45) is 0.546. The monoisotopic (exact) mass is 337 g/mol. The van der Waals surface area contributed by atoms with E-state index in [1.165, 1.54) is 0 Å². The number of hydroxylamine groups is 1. The maximum absolute atomic E-state index is 12.5. The van der Waals surface area contributed by atoms with Gasteiger partial charge < -0.3 is 10.1 Å². The van der Waals surface area contributed by atoms with Crippen molar-refractivity contribution in [3.8, 4) is 0 Å². The Morgan fingerprint density at radius 2 is 2.17 bits per heavy atom. The van der Waals surface area contributed by atoms with Gasteiger partial charge in [0, 0.05) is 13.7 Å². The lowest BCUT2D eigenvalue weighted by Crippen LogP contribution is -2.34. The van der Waals surface area contributed by atoms with Crippen molar-refractivity contribution in [1.29, 1.82) is 0 Å². The van der Waals surface area contributed by atoms with Crippen molar-refractivity contribution >= 4 is 28.7 Å². The number of rotatable bonds is 6. The Kier molecular flexibility index (Phi) is 6.57. The summed E-state index contributed by atoms with van der Waals surface area (Å²) in [5.74, 6) is -1.07. The Morgan fingerprint density at radius 1 is 1.43 bits per heavy atom. The number of thioether (sulfide) groups is 1. The van der Waals surface area contributed by atoms with Crippen molar-refractivity contribution in [2.45, 2.75) is 17.6 Å². The molecule has 2 rings (SSSR count). The molecule has 1 heterocycles. The third-order valence-electron chi connectivity index (χ3n) is 3.42. The first kappa shape index (κ1) is 17.5. The van der Waals surface area contributed by atoms with E-state index in [1.54, 1.807) is 12.6 Å². The molecule has 124 valence electrons. The molecule has 1 aliphatic heterocycles. The van der Waals surface area contributed by atoms with Crippen LogP contribution in [0.1, 0.15) is 17.9 Å². The molecule has 23 heavy (non-hydrogen) atoms. The zero-order chi connectivity index (χ0) is 16.7. The lowest BCUT2D eigenvalue weighted by atomic mass is 9.95. The van der Waals surface area contributed by atoms with E-state index in [4.69, 9.17) is 9.94 Å². The molecule has 3 N–H and O–H groups in total. The van der Waals surface area contributed by atoms with E-state index >= 15 is 0 Å². The molecule has 7 nitrogen and oxygen atoms in total. The normalized spacial score (nSPS) is 18.2. The molecule has 1 aliphatic rings. The molecule has 0 spiro atoms. The highest BCUT2D eigenvalue weighted by atomic mass is 32.2. The Bertz CT molecular complexity index is 579. The van der Waals surface area contributed by atoms with Gasteiger partial charge in [-0.05, 0) is 12.0 Å². The predicted octanol–water partition coefficient (Wildman–Crippen LogP) is 0.900. The van der Waals surface area contributed by atoms with Gasteiger partial charge in [0.25, 0.3) is 5.91 Å². The van der Waals surface area contributed by atoms with Crippen LogP contribution >= 0.6 is 11.8 Å². The molecule has 2 unspecified atom stereocenters. The molecule has 8 heteroatoms. The Balaban J connectivity index is 2.00. The summed E-state index contributed by atoms with van der Waals surface area (Å²) >= 11 is 1.12. The third kappa shape index (κ3) is 4.78. The van der Waals surface area contributed by atoms with Crippen LogP contribution in [0.4, 0.5) is 0 Å². The highest BCUT2D eigenvalue weighted by Gasteiger charge is 2.29. The van der Waals surface area contributed by atoms with Gasteiger partial charge in [0.1, 0.15) is 5.25 Å².